The van der Waals surface area contributed by atoms with Crippen LogP contribution in [0.2, 0.25) is 0 Å². The number of aromatic nitrogens is 3. The minimum Gasteiger partial charge on any atom is -0.493 e. The first-order valence-corrected chi connectivity index (χ1v) is 12.6. The summed E-state index contributed by atoms with van der Waals surface area (Å²) in [5.74, 6) is -0.521. The largest absolute Gasteiger partial charge is 0.493 e. The molecule has 38 heavy (non-hydrogen) atoms. The normalized spacial score (nSPS) is 15.7. The maximum atomic E-state index is 13.4. The molecule has 1 atom stereocenters. The number of benzene rings is 1. The second kappa shape index (κ2) is 11.4. The molecule has 1 fully saturated rings. The van der Waals surface area contributed by atoms with Crippen LogP contribution in [0.1, 0.15) is 36.5 Å². The van der Waals surface area contributed by atoms with Crippen molar-refractivity contribution >= 4 is 28.6 Å². The fourth-order valence-corrected chi connectivity index (χ4v) is 4.47. The number of amides is 1. The van der Waals surface area contributed by atoms with E-state index in [2.05, 4.69) is 4.99 Å². The van der Waals surface area contributed by atoms with Crippen LogP contribution >= 0.6 is 0 Å². The Kier molecular flexibility index (Phi) is 7.60. The summed E-state index contributed by atoms with van der Waals surface area (Å²) in [6.07, 6.45) is 3.11. The van der Waals surface area contributed by atoms with E-state index in [-0.39, 0.29) is 54.3 Å². The molecule has 1 aliphatic rings. The van der Waals surface area contributed by atoms with Crippen molar-refractivity contribution in [1.82, 2.24) is 14.0 Å². The quantitative estimate of drug-likeness (QED) is 0.261. The number of hydrogen-bond acceptors (Lipinski definition) is 7. The molecule has 4 heterocycles. The number of pyridine rings is 2. The van der Waals surface area contributed by atoms with Crippen LogP contribution < -0.4 is 15.8 Å². The topological polar surface area (TPSA) is 113 Å². The van der Waals surface area contributed by atoms with Crippen molar-refractivity contribution in [3.63, 3.8) is 0 Å². The molecule has 0 unspecified atom stereocenters. The third-order valence-electron chi connectivity index (χ3n) is 6.25. The number of para-hydroxylation sites is 1. The van der Waals surface area contributed by atoms with Crippen LogP contribution in [0.4, 0.5) is 0 Å². The average Bonchev–Trinajstić information content (AvgIpc) is 3.44. The number of carbonyl (C=O) groups is 2. The van der Waals surface area contributed by atoms with Crippen LogP contribution in [0.5, 0.6) is 5.75 Å². The third-order valence-corrected chi connectivity index (χ3v) is 6.25. The van der Waals surface area contributed by atoms with Gasteiger partial charge >= 0.3 is 5.97 Å². The lowest BCUT2D eigenvalue weighted by molar-refractivity contribution is -0.118. The molecule has 0 spiro atoms. The molecule has 1 amide bonds. The van der Waals surface area contributed by atoms with Gasteiger partial charge in [0.25, 0.3) is 11.5 Å². The smallest absolute Gasteiger partial charge is 0.341 e. The van der Waals surface area contributed by atoms with E-state index in [0.717, 1.165) is 12.8 Å². The van der Waals surface area contributed by atoms with E-state index in [4.69, 9.17) is 19.2 Å². The molecule has 0 saturated carbocycles. The molecular formula is C28H28N4O6. The van der Waals surface area contributed by atoms with Gasteiger partial charge in [0.05, 0.1) is 37.7 Å². The van der Waals surface area contributed by atoms with E-state index in [1.165, 1.54) is 10.5 Å². The van der Waals surface area contributed by atoms with E-state index in [1.807, 2.05) is 18.2 Å². The monoisotopic (exact) mass is 516 g/mol. The zero-order valence-corrected chi connectivity index (χ0v) is 21.0. The Morgan fingerprint density at radius 1 is 1.16 bits per heavy atom. The molecule has 0 bridgehead atoms. The molecule has 1 saturated heterocycles. The number of fused-ring (bicyclic) bond motifs is 2. The number of ether oxygens (including phenoxy) is 3. The first-order chi connectivity index (χ1) is 18.5. The van der Waals surface area contributed by atoms with E-state index in [0.29, 0.717) is 23.7 Å². The summed E-state index contributed by atoms with van der Waals surface area (Å²) in [5, 5.41) is 0.216. The fraction of sp³-hybridized carbons (Fsp3) is 0.321. The maximum Gasteiger partial charge on any atom is 0.341 e. The molecule has 10 nitrogen and oxygen atoms in total. The molecule has 5 rings (SSSR count). The summed E-state index contributed by atoms with van der Waals surface area (Å²) < 4.78 is 19.8. The third kappa shape index (κ3) is 5.35. The van der Waals surface area contributed by atoms with Gasteiger partial charge in [-0.1, -0.05) is 24.3 Å². The van der Waals surface area contributed by atoms with Gasteiger partial charge in [0.1, 0.15) is 22.6 Å². The van der Waals surface area contributed by atoms with Crippen LogP contribution in [-0.4, -0.2) is 51.8 Å². The average molecular weight is 517 g/mol. The summed E-state index contributed by atoms with van der Waals surface area (Å²) in [6.45, 7) is 2.81. The second-order valence-electron chi connectivity index (χ2n) is 8.85. The first kappa shape index (κ1) is 25.3. The van der Waals surface area contributed by atoms with Crippen molar-refractivity contribution in [3.05, 3.63) is 82.2 Å². The molecule has 196 valence electrons. The summed E-state index contributed by atoms with van der Waals surface area (Å²) >= 11 is 0. The van der Waals surface area contributed by atoms with Gasteiger partial charge in [0.2, 0.25) is 0 Å². The van der Waals surface area contributed by atoms with Crippen LogP contribution in [0.25, 0.3) is 16.7 Å². The van der Waals surface area contributed by atoms with Crippen molar-refractivity contribution in [3.8, 4) is 5.75 Å². The highest BCUT2D eigenvalue weighted by Gasteiger charge is 2.23. The lowest BCUT2D eigenvalue weighted by Crippen LogP contribution is -2.35. The molecule has 1 aliphatic heterocycles. The van der Waals surface area contributed by atoms with E-state index < -0.39 is 11.9 Å². The minimum atomic E-state index is -0.680. The highest BCUT2D eigenvalue weighted by Crippen LogP contribution is 2.17. The predicted octanol–water partition coefficient (Wildman–Crippen LogP) is 2.90. The van der Waals surface area contributed by atoms with Crippen LogP contribution in [0.15, 0.2) is 70.6 Å². The van der Waals surface area contributed by atoms with Gasteiger partial charge in [0.15, 0.2) is 5.49 Å². The van der Waals surface area contributed by atoms with Crippen LogP contribution in [-0.2, 0) is 20.8 Å². The zero-order valence-electron chi connectivity index (χ0n) is 21.0. The SMILES string of the molecule is CCOC(=O)c1cc2c(=O)n3ccccc3nc2n(C[C@H]2CCCO2)c1=NC(=O)CCOc1ccccc1. The van der Waals surface area contributed by atoms with Crippen molar-refractivity contribution in [1.29, 1.82) is 0 Å². The lowest BCUT2D eigenvalue weighted by Gasteiger charge is -2.18. The minimum absolute atomic E-state index is 0.0110. The van der Waals surface area contributed by atoms with Gasteiger partial charge in [-0.15, -0.1) is 0 Å². The highest BCUT2D eigenvalue weighted by atomic mass is 16.5. The zero-order chi connectivity index (χ0) is 26.5. The molecule has 10 heteroatoms. The Bertz CT molecular complexity index is 1600. The standard InChI is InChI=1S/C28H28N4O6/c1-2-36-28(35)22-17-21-25(29-23-12-6-7-14-31(23)27(21)34)32(18-20-11-8-15-37-20)26(22)30-24(33)13-16-38-19-9-4-3-5-10-19/h3-7,9-10,12,14,17,20H,2,8,11,13,15-16,18H2,1H3/t20-/m1/s1. The van der Waals surface area contributed by atoms with E-state index >= 15 is 0 Å². The predicted molar refractivity (Wildman–Crippen MR) is 139 cm³/mol. The molecule has 1 aromatic carbocycles. The Labute approximate surface area is 218 Å². The van der Waals surface area contributed by atoms with Crippen molar-refractivity contribution in [2.75, 3.05) is 19.8 Å². The number of nitrogens with zero attached hydrogens (tertiary/aromatic N) is 4. The van der Waals surface area contributed by atoms with Crippen molar-refractivity contribution < 1.29 is 23.8 Å². The number of carbonyl (C=O) groups excluding carboxylic acids is 2. The summed E-state index contributed by atoms with van der Waals surface area (Å²) in [6, 6.07) is 15.8. The molecular weight excluding hydrogens is 488 g/mol. The van der Waals surface area contributed by atoms with Crippen LogP contribution in [0, 0.1) is 0 Å². The maximum absolute atomic E-state index is 13.4. The van der Waals surface area contributed by atoms with Gasteiger partial charge < -0.3 is 18.8 Å². The van der Waals surface area contributed by atoms with Gasteiger partial charge in [-0.3, -0.25) is 14.0 Å². The lowest BCUT2D eigenvalue weighted by atomic mass is 10.2. The Balaban J connectivity index is 1.65. The second-order valence-corrected chi connectivity index (χ2v) is 8.85. The van der Waals surface area contributed by atoms with Gasteiger partial charge in [-0.25, -0.2) is 9.78 Å². The van der Waals surface area contributed by atoms with Crippen molar-refractivity contribution in [2.24, 2.45) is 4.99 Å². The fourth-order valence-electron chi connectivity index (χ4n) is 4.47. The van der Waals surface area contributed by atoms with Gasteiger partial charge in [-0.2, -0.15) is 4.99 Å². The van der Waals surface area contributed by atoms with E-state index in [9.17, 15) is 14.4 Å². The Morgan fingerprint density at radius 3 is 2.74 bits per heavy atom. The number of hydrogen-bond donors (Lipinski definition) is 0. The Hall–Kier alpha value is -4.31. The Morgan fingerprint density at radius 2 is 1.97 bits per heavy atom. The molecule has 3 aromatic heterocycles. The molecule has 0 aliphatic carbocycles. The highest BCUT2D eigenvalue weighted by molar-refractivity contribution is 5.93. The van der Waals surface area contributed by atoms with Gasteiger partial charge in [0, 0.05) is 12.8 Å². The summed E-state index contributed by atoms with van der Waals surface area (Å²) in [4.78, 5) is 48.6. The summed E-state index contributed by atoms with van der Waals surface area (Å²) in [5.41, 5.74) is 0.513. The van der Waals surface area contributed by atoms with Crippen LogP contribution in [0.3, 0.4) is 0 Å². The molecule has 4 aromatic rings. The molecule has 0 radical (unpaired) electrons. The number of rotatable bonds is 8. The van der Waals surface area contributed by atoms with Crippen molar-refractivity contribution in [2.45, 2.75) is 38.8 Å². The van der Waals surface area contributed by atoms with E-state index in [1.54, 1.807) is 48.0 Å². The molecule has 0 N–H and O–H groups in total. The number of esters is 1. The first-order valence-electron chi connectivity index (χ1n) is 12.6. The van der Waals surface area contributed by atoms with Gasteiger partial charge in [-0.05, 0) is 50.1 Å². The summed E-state index contributed by atoms with van der Waals surface area (Å²) in [7, 11) is 0.